The van der Waals surface area contributed by atoms with E-state index in [2.05, 4.69) is 22.4 Å². The molecule has 90 valence electrons. The van der Waals surface area contributed by atoms with E-state index in [1.807, 2.05) is 0 Å². The molecule has 0 aromatic carbocycles. The zero-order valence-corrected chi connectivity index (χ0v) is 10.6. The summed E-state index contributed by atoms with van der Waals surface area (Å²) >= 11 is 3.72. The molecule has 0 radical (unpaired) electrons. The lowest BCUT2D eigenvalue weighted by Gasteiger charge is -2.01. The van der Waals surface area contributed by atoms with Gasteiger partial charge in [0, 0.05) is 6.54 Å². The predicted octanol–water partition coefficient (Wildman–Crippen LogP) is 0.595. The molecule has 0 aromatic rings. The molecule has 9 heteroatoms. The lowest BCUT2D eigenvalue weighted by atomic mass is 10.3. The van der Waals surface area contributed by atoms with E-state index in [0.29, 0.717) is 0 Å². The van der Waals surface area contributed by atoms with E-state index < -0.39 is 21.6 Å². The van der Waals surface area contributed by atoms with Crippen LogP contribution < -0.4 is 0 Å². The molecule has 0 aliphatic heterocycles. The van der Waals surface area contributed by atoms with Crippen LogP contribution in [0.25, 0.3) is 0 Å². The van der Waals surface area contributed by atoms with E-state index in [1.54, 1.807) is 6.26 Å². The molecule has 15 heavy (non-hydrogen) atoms. The van der Waals surface area contributed by atoms with E-state index >= 15 is 0 Å². The van der Waals surface area contributed by atoms with E-state index in [4.69, 9.17) is 17.5 Å². The number of hydrogen-bond donors (Lipinski definition) is 2. The van der Waals surface area contributed by atoms with Crippen molar-refractivity contribution in [3.8, 4) is 0 Å². The molecule has 0 aromatic heterocycles. The Morgan fingerprint density at radius 2 is 1.93 bits per heavy atom. The van der Waals surface area contributed by atoms with Gasteiger partial charge in [0.15, 0.2) is 0 Å². The maximum atomic E-state index is 10.5. The quantitative estimate of drug-likeness (QED) is 0.250. The first kappa shape index (κ1) is 17.4. The summed E-state index contributed by atoms with van der Waals surface area (Å²) in [6, 6.07) is 0. The van der Waals surface area contributed by atoms with Crippen molar-refractivity contribution >= 4 is 39.0 Å². The number of unbranched alkanes of at least 4 members (excludes halogenated alkanes) is 1. The van der Waals surface area contributed by atoms with Crippen LogP contribution in [-0.2, 0) is 21.6 Å². The minimum atomic E-state index is -4.67. The summed E-state index contributed by atoms with van der Waals surface area (Å²) in [5.41, 5.74) is 0. The molecule has 0 spiro atoms. The monoisotopic (exact) mass is 275 g/mol. The summed E-state index contributed by atoms with van der Waals surface area (Å²) in [5, 5.41) is 2.29. The van der Waals surface area contributed by atoms with E-state index in [-0.39, 0.29) is 0 Å². The highest BCUT2D eigenvalue weighted by atomic mass is 32.3. The minimum Gasteiger partial charge on any atom is -0.617 e. The van der Waals surface area contributed by atoms with Gasteiger partial charge in [0.25, 0.3) is 0 Å². The third kappa shape index (κ3) is 41.2. The van der Waals surface area contributed by atoms with Crippen LogP contribution in [0.3, 0.4) is 0 Å². The first-order chi connectivity index (χ1) is 6.77. The molecular weight excluding hydrogens is 262 g/mol. The topological polar surface area (TPSA) is 110 Å². The maximum Gasteiger partial charge on any atom is 0.394 e. The smallest absolute Gasteiger partial charge is 0.394 e. The van der Waals surface area contributed by atoms with Crippen LogP contribution in [0, 0.1) is 0 Å². The van der Waals surface area contributed by atoms with Gasteiger partial charge < -0.3 is 4.55 Å². The molecule has 0 amide bonds. The molecule has 0 aliphatic carbocycles. The molecule has 0 saturated heterocycles. The molecule has 6 nitrogen and oxygen atoms in total. The summed E-state index contributed by atoms with van der Waals surface area (Å²) < 4.78 is 42.1. The van der Waals surface area contributed by atoms with Crippen LogP contribution in [0.1, 0.15) is 12.8 Å². The first-order valence-electron chi connectivity index (χ1n) is 3.81. The van der Waals surface area contributed by atoms with Crippen molar-refractivity contribution < 1.29 is 22.1 Å². The maximum absolute atomic E-state index is 10.5. The highest BCUT2D eigenvalue weighted by molar-refractivity contribution is 7.90. The third-order valence-corrected chi connectivity index (χ3v) is 2.01. The molecule has 0 rings (SSSR count). The fourth-order valence-corrected chi connectivity index (χ4v) is 1.24. The van der Waals surface area contributed by atoms with Crippen LogP contribution in [-0.4, -0.2) is 45.8 Å². The number of isothiocyanates is 1. The Balaban J connectivity index is 0. The second-order valence-electron chi connectivity index (χ2n) is 2.41. The van der Waals surface area contributed by atoms with Crippen LogP contribution in [0.4, 0.5) is 0 Å². The van der Waals surface area contributed by atoms with Crippen molar-refractivity contribution in [1.29, 1.82) is 0 Å². The Hall–Kier alpha value is -0.0200. The van der Waals surface area contributed by atoms with Gasteiger partial charge >= 0.3 is 10.4 Å². The molecule has 1 atom stereocenters. The van der Waals surface area contributed by atoms with Gasteiger partial charge in [0.1, 0.15) is 5.75 Å². The molecule has 0 saturated carbocycles. The lowest BCUT2D eigenvalue weighted by molar-refractivity contribution is 0.381. The van der Waals surface area contributed by atoms with Gasteiger partial charge in [-0.1, -0.05) is 11.2 Å². The number of thiocarbonyl (C=S) groups is 1. The number of aliphatic imine (C=N–C) groups is 1. The van der Waals surface area contributed by atoms with Crippen molar-refractivity contribution in [1.82, 2.24) is 0 Å². The predicted molar refractivity (Wildman–Crippen MR) is 62.2 cm³/mol. The fourth-order valence-electron chi connectivity index (χ4n) is 0.542. The number of rotatable bonds is 5. The third-order valence-electron chi connectivity index (χ3n) is 1.02. The minimum absolute atomic E-state index is 0.659. The first-order valence-corrected chi connectivity index (χ1v) is 7.34. The van der Waals surface area contributed by atoms with Gasteiger partial charge in [0.2, 0.25) is 0 Å². The zero-order chi connectivity index (χ0) is 12.3. The molecule has 0 bridgehead atoms. The molecule has 0 unspecified atom stereocenters. The Kier molecular flexibility index (Phi) is 12.2. The van der Waals surface area contributed by atoms with Crippen LogP contribution in [0.2, 0.25) is 0 Å². The Bertz CT molecular complexity index is 275. The summed E-state index contributed by atoms with van der Waals surface area (Å²) in [6.45, 7) is 0.723. The highest BCUT2D eigenvalue weighted by Gasteiger charge is 1.94. The van der Waals surface area contributed by atoms with Gasteiger partial charge in [-0.3, -0.25) is 9.11 Å². The average molecular weight is 275 g/mol. The summed E-state index contributed by atoms with van der Waals surface area (Å²) in [4.78, 5) is 3.73. The molecule has 0 fully saturated rings. The largest absolute Gasteiger partial charge is 0.617 e. The van der Waals surface area contributed by atoms with Crippen molar-refractivity contribution in [2.75, 3.05) is 18.6 Å². The Morgan fingerprint density at radius 3 is 2.27 bits per heavy atom. The molecule has 2 N–H and O–H groups in total. The van der Waals surface area contributed by atoms with Crippen molar-refractivity contribution in [3.63, 3.8) is 0 Å². The van der Waals surface area contributed by atoms with Gasteiger partial charge in [-0.05, 0) is 25.1 Å². The van der Waals surface area contributed by atoms with Crippen LogP contribution >= 0.6 is 12.2 Å². The molecule has 0 heterocycles. The van der Waals surface area contributed by atoms with Gasteiger partial charge in [-0.15, -0.1) is 0 Å². The zero-order valence-electron chi connectivity index (χ0n) is 8.12. The second-order valence-corrected chi connectivity index (χ2v) is 5.04. The normalized spacial score (nSPS) is 12.0. The lowest BCUT2D eigenvalue weighted by Crippen LogP contribution is -2.02. The highest BCUT2D eigenvalue weighted by Crippen LogP contribution is 1.93. The fraction of sp³-hybridized carbons (Fsp3) is 0.833. The van der Waals surface area contributed by atoms with Crippen molar-refractivity contribution in [3.05, 3.63) is 0 Å². The molecular formula is C6H13NO5S3. The van der Waals surface area contributed by atoms with Crippen LogP contribution in [0.5, 0.6) is 0 Å². The van der Waals surface area contributed by atoms with Crippen LogP contribution in [0.15, 0.2) is 4.99 Å². The summed E-state index contributed by atoms with van der Waals surface area (Å²) in [5.74, 6) is 0.771. The molecule has 0 aliphatic rings. The van der Waals surface area contributed by atoms with E-state index in [0.717, 1.165) is 25.1 Å². The number of nitrogens with zero attached hydrogens (tertiary/aromatic N) is 1. The average Bonchev–Trinajstić information content (AvgIpc) is 2.00. The van der Waals surface area contributed by atoms with E-state index in [9.17, 15) is 4.55 Å². The van der Waals surface area contributed by atoms with E-state index in [1.165, 1.54) is 0 Å². The van der Waals surface area contributed by atoms with Crippen molar-refractivity contribution in [2.45, 2.75) is 12.8 Å². The standard InChI is InChI=1S/C6H11NOS2.H2O4S/c1-10(8)5-3-2-4-7-6-9;1-5(2,3)4/h2-5H2,1H3;(H2,1,2,3,4)/t10-;/m1./s1. The van der Waals surface area contributed by atoms with Crippen molar-refractivity contribution in [2.24, 2.45) is 4.99 Å². The Labute approximate surface area is 97.6 Å². The van der Waals surface area contributed by atoms with Gasteiger partial charge in [-0.2, -0.15) is 8.42 Å². The number of hydrogen-bond acceptors (Lipinski definition) is 5. The SMILES string of the molecule is C[S@@+]([O-])CCCCN=C=S.O=S(=O)(O)O. The summed E-state index contributed by atoms with van der Waals surface area (Å²) in [7, 11) is -4.67. The Morgan fingerprint density at radius 1 is 1.47 bits per heavy atom. The van der Waals surface area contributed by atoms with Gasteiger partial charge in [0.05, 0.1) is 11.4 Å². The van der Waals surface area contributed by atoms with Gasteiger partial charge in [-0.25, -0.2) is 4.99 Å². The second kappa shape index (κ2) is 10.5. The summed E-state index contributed by atoms with van der Waals surface area (Å²) in [6.07, 6.45) is 3.63.